The summed E-state index contributed by atoms with van der Waals surface area (Å²) in [5.41, 5.74) is 0. The standard InChI is InChI=1S/C11H11NOS/c1-9-5-6-10(14-9)8-13-11-4-2-3-7-12-11/h2-7H,8H2,1H3. The van der Waals surface area contributed by atoms with Crippen molar-refractivity contribution in [2.45, 2.75) is 13.5 Å². The summed E-state index contributed by atoms with van der Waals surface area (Å²) in [6.07, 6.45) is 1.73. The fraction of sp³-hybridized carbons (Fsp3) is 0.182. The molecule has 0 N–H and O–H groups in total. The second-order valence-corrected chi connectivity index (χ2v) is 4.34. The van der Waals surface area contributed by atoms with Gasteiger partial charge in [0.05, 0.1) is 0 Å². The number of hydrogen-bond donors (Lipinski definition) is 0. The second-order valence-electron chi connectivity index (χ2n) is 2.97. The van der Waals surface area contributed by atoms with Crippen molar-refractivity contribution in [3.8, 4) is 5.88 Å². The van der Waals surface area contributed by atoms with E-state index in [-0.39, 0.29) is 0 Å². The van der Waals surface area contributed by atoms with Crippen molar-refractivity contribution < 1.29 is 4.74 Å². The lowest BCUT2D eigenvalue weighted by Gasteiger charge is -2.01. The maximum atomic E-state index is 5.50. The first-order valence-corrected chi connectivity index (χ1v) is 5.25. The van der Waals surface area contributed by atoms with Gasteiger partial charge in [-0.25, -0.2) is 4.98 Å². The van der Waals surface area contributed by atoms with Crippen molar-refractivity contribution in [2.24, 2.45) is 0 Å². The Kier molecular flexibility index (Phi) is 2.79. The molecule has 2 rings (SSSR count). The molecule has 0 radical (unpaired) electrons. The van der Waals surface area contributed by atoms with Crippen molar-refractivity contribution in [3.05, 3.63) is 46.3 Å². The maximum Gasteiger partial charge on any atom is 0.213 e. The number of ether oxygens (including phenoxy) is 1. The van der Waals surface area contributed by atoms with E-state index in [1.165, 1.54) is 9.75 Å². The van der Waals surface area contributed by atoms with Gasteiger partial charge in [0.1, 0.15) is 6.61 Å². The van der Waals surface area contributed by atoms with E-state index < -0.39 is 0 Å². The lowest BCUT2D eigenvalue weighted by atomic mass is 10.4. The van der Waals surface area contributed by atoms with Gasteiger partial charge in [0.15, 0.2) is 0 Å². The Morgan fingerprint density at radius 3 is 2.86 bits per heavy atom. The zero-order chi connectivity index (χ0) is 9.80. The molecule has 0 unspecified atom stereocenters. The first-order chi connectivity index (χ1) is 6.84. The number of pyridine rings is 1. The van der Waals surface area contributed by atoms with E-state index in [0.29, 0.717) is 12.5 Å². The topological polar surface area (TPSA) is 22.1 Å². The molecule has 2 nitrogen and oxygen atoms in total. The van der Waals surface area contributed by atoms with E-state index in [9.17, 15) is 0 Å². The lowest BCUT2D eigenvalue weighted by Crippen LogP contribution is -1.93. The van der Waals surface area contributed by atoms with Crippen LogP contribution in [0.1, 0.15) is 9.75 Å². The van der Waals surface area contributed by atoms with E-state index in [1.54, 1.807) is 17.5 Å². The van der Waals surface area contributed by atoms with Crippen molar-refractivity contribution in [3.63, 3.8) is 0 Å². The molecule has 14 heavy (non-hydrogen) atoms. The maximum absolute atomic E-state index is 5.50. The molecule has 2 aromatic heterocycles. The van der Waals surface area contributed by atoms with Crippen LogP contribution < -0.4 is 4.74 Å². The fourth-order valence-corrected chi connectivity index (χ4v) is 1.94. The van der Waals surface area contributed by atoms with Crippen LogP contribution in [0.3, 0.4) is 0 Å². The van der Waals surface area contributed by atoms with Gasteiger partial charge in [-0.3, -0.25) is 0 Å². The Labute approximate surface area is 87.2 Å². The number of rotatable bonds is 3. The molecule has 0 atom stereocenters. The van der Waals surface area contributed by atoms with Crippen molar-refractivity contribution in [2.75, 3.05) is 0 Å². The third-order valence-electron chi connectivity index (χ3n) is 1.80. The van der Waals surface area contributed by atoms with Crippen LogP contribution in [0.25, 0.3) is 0 Å². The van der Waals surface area contributed by atoms with Crippen LogP contribution in [0.4, 0.5) is 0 Å². The molecule has 2 aromatic rings. The summed E-state index contributed by atoms with van der Waals surface area (Å²) in [6, 6.07) is 9.84. The van der Waals surface area contributed by atoms with Gasteiger partial charge in [-0.1, -0.05) is 6.07 Å². The molecular weight excluding hydrogens is 194 g/mol. The summed E-state index contributed by atoms with van der Waals surface area (Å²) in [5.74, 6) is 0.679. The monoisotopic (exact) mass is 205 g/mol. The van der Waals surface area contributed by atoms with E-state index in [4.69, 9.17) is 4.74 Å². The summed E-state index contributed by atoms with van der Waals surface area (Å²) in [7, 11) is 0. The molecular formula is C11H11NOS. The number of aromatic nitrogens is 1. The molecule has 3 heteroatoms. The number of thiophene rings is 1. The Balaban J connectivity index is 1.95. The van der Waals surface area contributed by atoms with Gasteiger partial charge in [0.25, 0.3) is 0 Å². The minimum Gasteiger partial charge on any atom is -0.472 e. The summed E-state index contributed by atoms with van der Waals surface area (Å²) in [6.45, 7) is 2.70. The Morgan fingerprint density at radius 2 is 2.21 bits per heavy atom. The van der Waals surface area contributed by atoms with E-state index >= 15 is 0 Å². The number of aryl methyl sites for hydroxylation is 1. The third kappa shape index (κ3) is 2.33. The van der Waals surface area contributed by atoms with Gasteiger partial charge < -0.3 is 4.74 Å². The van der Waals surface area contributed by atoms with Crippen molar-refractivity contribution in [1.29, 1.82) is 0 Å². The predicted molar refractivity (Wildman–Crippen MR) is 57.6 cm³/mol. The van der Waals surface area contributed by atoms with Crippen LogP contribution in [0.2, 0.25) is 0 Å². The Bertz CT molecular complexity index is 397. The van der Waals surface area contributed by atoms with Crippen molar-refractivity contribution in [1.82, 2.24) is 4.98 Å². The van der Waals surface area contributed by atoms with E-state index in [2.05, 4.69) is 24.0 Å². The van der Waals surface area contributed by atoms with Crippen molar-refractivity contribution >= 4 is 11.3 Å². The average molecular weight is 205 g/mol. The van der Waals surface area contributed by atoms with Gasteiger partial charge >= 0.3 is 0 Å². The number of nitrogens with zero attached hydrogens (tertiary/aromatic N) is 1. The molecule has 2 heterocycles. The first kappa shape index (κ1) is 9.21. The first-order valence-electron chi connectivity index (χ1n) is 4.44. The quantitative estimate of drug-likeness (QED) is 0.768. The highest BCUT2D eigenvalue weighted by atomic mass is 32.1. The van der Waals surface area contributed by atoms with Crippen LogP contribution in [-0.2, 0) is 6.61 Å². The highest BCUT2D eigenvalue weighted by molar-refractivity contribution is 7.11. The summed E-state index contributed by atoms with van der Waals surface area (Å²) < 4.78 is 5.50. The van der Waals surface area contributed by atoms with Gasteiger partial charge in [0.2, 0.25) is 5.88 Å². The Hall–Kier alpha value is -1.35. The van der Waals surface area contributed by atoms with Crippen LogP contribution in [-0.4, -0.2) is 4.98 Å². The van der Waals surface area contributed by atoms with E-state index in [1.807, 2.05) is 18.2 Å². The van der Waals surface area contributed by atoms with Gasteiger partial charge in [-0.15, -0.1) is 11.3 Å². The lowest BCUT2D eigenvalue weighted by molar-refractivity contribution is 0.297. The molecule has 0 saturated heterocycles. The van der Waals surface area contributed by atoms with Crippen LogP contribution in [0.5, 0.6) is 5.88 Å². The van der Waals surface area contributed by atoms with E-state index in [0.717, 1.165) is 0 Å². The van der Waals surface area contributed by atoms with Crippen LogP contribution >= 0.6 is 11.3 Å². The Morgan fingerprint density at radius 1 is 1.29 bits per heavy atom. The fourth-order valence-electron chi connectivity index (χ4n) is 1.14. The minimum atomic E-state index is 0.607. The summed E-state index contributed by atoms with van der Waals surface area (Å²) in [5, 5.41) is 0. The molecule has 0 aliphatic carbocycles. The smallest absolute Gasteiger partial charge is 0.213 e. The molecule has 0 saturated carbocycles. The second kappa shape index (κ2) is 4.24. The molecule has 72 valence electrons. The molecule has 0 aliphatic heterocycles. The highest BCUT2D eigenvalue weighted by Gasteiger charge is 1.98. The molecule has 0 bridgehead atoms. The SMILES string of the molecule is Cc1ccc(COc2ccccn2)s1. The highest BCUT2D eigenvalue weighted by Crippen LogP contribution is 2.16. The molecule has 0 aliphatic rings. The van der Waals surface area contributed by atoms with Crippen LogP contribution in [0, 0.1) is 6.92 Å². The zero-order valence-electron chi connectivity index (χ0n) is 7.93. The largest absolute Gasteiger partial charge is 0.472 e. The molecule has 0 amide bonds. The minimum absolute atomic E-state index is 0.607. The zero-order valence-corrected chi connectivity index (χ0v) is 8.75. The van der Waals surface area contributed by atoms with Gasteiger partial charge in [-0.2, -0.15) is 0 Å². The predicted octanol–water partition coefficient (Wildman–Crippen LogP) is 3.03. The molecule has 0 fully saturated rings. The van der Waals surface area contributed by atoms with Gasteiger partial charge in [-0.05, 0) is 25.1 Å². The summed E-state index contributed by atoms with van der Waals surface area (Å²) >= 11 is 1.75. The van der Waals surface area contributed by atoms with Crippen LogP contribution in [0.15, 0.2) is 36.5 Å². The normalized spacial score (nSPS) is 10.1. The molecule has 0 aromatic carbocycles. The molecule has 0 spiro atoms. The third-order valence-corrected chi connectivity index (χ3v) is 2.77. The number of hydrogen-bond acceptors (Lipinski definition) is 3. The van der Waals surface area contributed by atoms with Gasteiger partial charge in [0, 0.05) is 22.0 Å². The summed E-state index contributed by atoms with van der Waals surface area (Å²) in [4.78, 5) is 6.62. The average Bonchev–Trinajstić information content (AvgIpc) is 2.63.